The highest BCUT2D eigenvalue weighted by Gasteiger charge is 2.38. The average Bonchev–Trinajstić information content (AvgIpc) is 3.03. The molecule has 0 radical (unpaired) electrons. The number of carbonyl (C=O) groups excluding carboxylic acids is 3. The lowest BCUT2D eigenvalue weighted by Gasteiger charge is -2.15. The molecule has 0 atom stereocenters. The SMILES string of the molecule is COc1cccc(NC(=O)c2ccc(NC3=C(Cl)C(=O)N(c4ccc(Cl)cc4)C3=O)cc2)c1. The molecule has 0 bridgehead atoms. The highest BCUT2D eigenvalue weighted by Crippen LogP contribution is 2.30. The van der Waals surface area contributed by atoms with Crippen LogP contribution in [-0.4, -0.2) is 24.8 Å². The first kappa shape index (κ1) is 22.4. The Bertz CT molecular complexity index is 1270. The highest BCUT2D eigenvalue weighted by atomic mass is 35.5. The van der Waals surface area contributed by atoms with E-state index in [1.807, 2.05) is 0 Å². The summed E-state index contributed by atoms with van der Waals surface area (Å²) in [6.07, 6.45) is 0. The van der Waals surface area contributed by atoms with Gasteiger partial charge in [0.05, 0.1) is 12.8 Å². The zero-order valence-electron chi connectivity index (χ0n) is 17.3. The van der Waals surface area contributed by atoms with Crippen LogP contribution in [0, 0.1) is 0 Å². The van der Waals surface area contributed by atoms with Crippen molar-refractivity contribution in [1.29, 1.82) is 0 Å². The van der Waals surface area contributed by atoms with Crippen molar-refractivity contribution in [1.82, 2.24) is 0 Å². The van der Waals surface area contributed by atoms with Crippen LogP contribution in [0.3, 0.4) is 0 Å². The van der Waals surface area contributed by atoms with Gasteiger partial charge >= 0.3 is 0 Å². The van der Waals surface area contributed by atoms with E-state index >= 15 is 0 Å². The highest BCUT2D eigenvalue weighted by molar-refractivity contribution is 6.53. The van der Waals surface area contributed by atoms with Gasteiger partial charge in [-0.05, 0) is 60.7 Å². The fourth-order valence-electron chi connectivity index (χ4n) is 3.19. The van der Waals surface area contributed by atoms with Gasteiger partial charge in [-0.25, -0.2) is 4.90 Å². The topological polar surface area (TPSA) is 87.7 Å². The van der Waals surface area contributed by atoms with Crippen molar-refractivity contribution in [2.24, 2.45) is 0 Å². The predicted octanol–water partition coefficient (Wildman–Crippen LogP) is 5.04. The second kappa shape index (κ2) is 9.36. The fraction of sp³-hybridized carbons (Fsp3) is 0.0417. The van der Waals surface area contributed by atoms with Crippen molar-refractivity contribution < 1.29 is 19.1 Å². The third-order valence-electron chi connectivity index (χ3n) is 4.86. The van der Waals surface area contributed by atoms with Gasteiger partial charge in [0.15, 0.2) is 0 Å². The summed E-state index contributed by atoms with van der Waals surface area (Å²) in [6, 6.07) is 19.7. The van der Waals surface area contributed by atoms with Crippen molar-refractivity contribution >= 4 is 58.0 Å². The number of carbonyl (C=O) groups is 3. The lowest BCUT2D eigenvalue weighted by molar-refractivity contribution is -0.120. The van der Waals surface area contributed by atoms with E-state index in [0.29, 0.717) is 33.4 Å². The Balaban J connectivity index is 1.47. The van der Waals surface area contributed by atoms with Crippen LogP contribution < -0.4 is 20.3 Å². The minimum Gasteiger partial charge on any atom is -0.497 e. The molecule has 7 nitrogen and oxygen atoms in total. The van der Waals surface area contributed by atoms with Crippen molar-refractivity contribution in [3.63, 3.8) is 0 Å². The average molecular weight is 482 g/mol. The number of rotatable bonds is 6. The summed E-state index contributed by atoms with van der Waals surface area (Å²) in [5, 5.41) is 5.91. The second-order valence-corrected chi connectivity index (χ2v) is 7.81. The summed E-state index contributed by atoms with van der Waals surface area (Å²) >= 11 is 12.0. The summed E-state index contributed by atoms with van der Waals surface area (Å²) in [4.78, 5) is 38.9. The molecule has 3 amide bonds. The molecule has 1 aliphatic heterocycles. The normalized spacial score (nSPS) is 13.4. The van der Waals surface area contributed by atoms with E-state index in [1.165, 1.54) is 0 Å². The summed E-state index contributed by atoms with van der Waals surface area (Å²) in [7, 11) is 1.55. The van der Waals surface area contributed by atoms with Crippen molar-refractivity contribution in [3.05, 3.63) is 94.1 Å². The van der Waals surface area contributed by atoms with Gasteiger partial charge < -0.3 is 15.4 Å². The summed E-state index contributed by atoms with van der Waals surface area (Å²) in [5.74, 6) is -0.915. The molecule has 0 aliphatic carbocycles. The molecule has 2 N–H and O–H groups in total. The molecule has 0 fully saturated rings. The number of nitrogens with one attached hydrogen (secondary N) is 2. The number of hydrogen-bond donors (Lipinski definition) is 2. The third kappa shape index (κ3) is 4.69. The van der Waals surface area contributed by atoms with E-state index in [9.17, 15) is 14.4 Å². The Morgan fingerprint density at radius 3 is 2.24 bits per heavy atom. The number of amides is 3. The van der Waals surface area contributed by atoms with Crippen LogP contribution >= 0.6 is 23.2 Å². The molecular formula is C24H17Cl2N3O4. The van der Waals surface area contributed by atoms with Gasteiger partial charge in [-0.3, -0.25) is 14.4 Å². The molecule has 1 heterocycles. The molecule has 0 saturated heterocycles. The standard InChI is InChI=1S/C24H17Cl2N3O4/c1-33-19-4-2-3-17(13-19)28-22(30)14-5-9-16(10-6-14)27-21-20(26)23(31)29(24(21)32)18-11-7-15(25)8-12-18/h2-13,27H,1H3,(H,28,30). The van der Waals surface area contributed by atoms with Crippen LogP contribution in [0.15, 0.2) is 83.5 Å². The van der Waals surface area contributed by atoms with E-state index in [1.54, 1.807) is 79.9 Å². The number of benzene rings is 3. The minimum absolute atomic E-state index is 0.0507. The van der Waals surface area contributed by atoms with Crippen LogP contribution in [0.5, 0.6) is 5.75 Å². The first-order valence-electron chi connectivity index (χ1n) is 9.74. The lowest BCUT2D eigenvalue weighted by Crippen LogP contribution is -2.32. The number of nitrogens with zero attached hydrogens (tertiary/aromatic N) is 1. The Morgan fingerprint density at radius 2 is 1.58 bits per heavy atom. The molecule has 3 aromatic rings. The van der Waals surface area contributed by atoms with Crippen LogP contribution in [0.1, 0.15) is 10.4 Å². The second-order valence-electron chi connectivity index (χ2n) is 7.00. The van der Waals surface area contributed by atoms with Crippen LogP contribution in [0.4, 0.5) is 17.1 Å². The van der Waals surface area contributed by atoms with Gasteiger partial charge in [0.1, 0.15) is 16.5 Å². The maximum absolute atomic E-state index is 12.8. The Labute approximate surface area is 199 Å². The van der Waals surface area contributed by atoms with E-state index in [4.69, 9.17) is 27.9 Å². The lowest BCUT2D eigenvalue weighted by atomic mass is 10.2. The van der Waals surface area contributed by atoms with Crippen LogP contribution in [0.25, 0.3) is 0 Å². The zero-order chi connectivity index (χ0) is 23.5. The van der Waals surface area contributed by atoms with Crippen molar-refractivity contribution in [2.75, 3.05) is 22.6 Å². The van der Waals surface area contributed by atoms with E-state index in [-0.39, 0.29) is 16.6 Å². The number of anilines is 3. The minimum atomic E-state index is -0.638. The van der Waals surface area contributed by atoms with Crippen LogP contribution in [-0.2, 0) is 9.59 Å². The molecule has 0 spiro atoms. The molecule has 33 heavy (non-hydrogen) atoms. The number of hydrogen-bond acceptors (Lipinski definition) is 5. The molecule has 0 saturated carbocycles. The molecule has 9 heteroatoms. The third-order valence-corrected chi connectivity index (χ3v) is 5.46. The van der Waals surface area contributed by atoms with Crippen LogP contribution in [0.2, 0.25) is 5.02 Å². The number of halogens is 2. The molecule has 4 rings (SSSR count). The van der Waals surface area contributed by atoms with E-state index < -0.39 is 11.8 Å². The monoisotopic (exact) mass is 481 g/mol. The van der Waals surface area contributed by atoms with Gasteiger partial charge in [-0.15, -0.1) is 0 Å². The molecule has 3 aromatic carbocycles. The first-order chi connectivity index (χ1) is 15.9. The summed E-state index contributed by atoms with van der Waals surface area (Å²) < 4.78 is 5.15. The van der Waals surface area contributed by atoms with E-state index in [0.717, 1.165) is 4.90 Å². The molecular weight excluding hydrogens is 465 g/mol. The van der Waals surface area contributed by atoms with Gasteiger partial charge in [0.2, 0.25) is 0 Å². The van der Waals surface area contributed by atoms with Crippen molar-refractivity contribution in [3.8, 4) is 5.75 Å². The quantitative estimate of drug-likeness (QED) is 0.481. The van der Waals surface area contributed by atoms with E-state index in [2.05, 4.69) is 10.6 Å². The number of imide groups is 1. The number of methoxy groups -OCH3 is 1. The van der Waals surface area contributed by atoms with Gasteiger partial charge in [-0.1, -0.05) is 29.3 Å². The maximum Gasteiger partial charge on any atom is 0.283 e. The predicted molar refractivity (Wildman–Crippen MR) is 128 cm³/mol. The Kier molecular flexibility index (Phi) is 6.35. The maximum atomic E-state index is 12.8. The van der Waals surface area contributed by atoms with Gasteiger partial charge in [0.25, 0.3) is 17.7 Å². The van der Waals surface area contributed by atoms with Crippen molar-refractivity contribution in [2.45, 2.75) is 0 Å². The summed E-state index contributed by atoms with van der Waals surface area (Å²) in [6.45, 7) is 0. The fourth-order valence-corrected chi connectivity index (χ4v) is 3.53. The molecule has 0 aromatic heterocycles. The first-order valence-corrected chi connectivity index (χ1v) is 10.5. The zero-order valence-corrected chi connectivity index (χ0v) is 18.8. The smallest absolute Gasteiger partial charge is 0.283 e. The van der Waals surface area contributed by atoms with Gasteiger partial charge in [-0.2, -0.15) is 0 Å². The summed E-state index contributed by atoms with van der Waals surface area (Å²) in [5.41, 5.74) is 1.79. The Morgan fingerprint density at radius 1 is 0.879 bits per heavy atom. The molecule has 0 unspecified atom stereocenters. The molecule has 166 valence electrons. The molecule has 1 aliphatic rings. The Hall–Kier alpha value is -3.81. The largest absolute Gasteiger partial charge is 0.497 e. The van der Waals surface area contributed by atoms with Gasteiger partial charge in [0, 0.05) is 28.0 Å². The number of ether oxygens (including phenoxy) is 1.